The molecule has 4 rings (SSSR count). The number of rotatable bonds is 4. The maximum Gasteiger partial charge on any atom is 0.294 e. The highest BCUT2D eigenvalue weighted by molar-refractivity contribution is 7.19. The van der Waals surface area contributed by atoms with E-state index in [9.17, 15) is 4.79 Å². The number of halogens is 2. The summed E-state index contributed by atoms with van der Waals surface area (Å²) in [5.41, 5.74) is 3.04. The van der Waals surface area contributed by atoms with E-state index in [1.807, 2.05) is 62.4 Å². The van der Waals surface area contributed by atoms with Gasteiger partial charge in [-0.1, -0.05) is 47.5 Å². The van der Waals surface area contributed by atoms with E-state index in [-0.39, 0.29) is 11.6 Å². The van der Waals surface area contributed by atoms with Gasteiger partial charge in [-0.05, 0) is 50.1 Å². The van der Waals surface area contributed by atoms with Crippen molar-refractivity contribution in [2.75, 3.05) is 0 Å². The summed E-state index contributed by atoms with van der Waals surface area (Å²) in [6, 6.07) is 15.0. The van der Waals surface area contributed by atoms with Crippen LogP contribution in [0.4, 0.5) is 0 Å². The fraction of sp³-hybridized carbons (Fsp3) is 0.190. The molecule has 2 aromatic carbocycles. The summed E-state index contributed by atoms with van der Waals surface area (Å²) in [5, 5.41) is 6.92. The molecular weight excluding hydrogens is 413 g/mol. The molecule has 0 saturated heterocycles. The summed E-state index contributed by atoms with van der Waals surface area (Å²) in [6.45, 7) is 3.89. The Morgan fingerprint density at radius 2 is 1.64 bits per heavy atom. The Hall–Kier alpha value is -2.21. The Balaban J connectivity index is 1.84. The molecule has 1 unspecified atom stereocenters. The zero-order chi connectivity index (χ0) is 19.8. The van der Waals surface area contributed by atoms with Crippen LogP contribution in [0.3, 0.4) is 0 Å². The van der Waals surface area contributed by atoms with Crippen LogP contribution in [0.25, 0.3) is 21.5 Å². The van der Waals surface area contributed by atoms with Crippen LogP contribution in [0.1, 0.15) is 23.5 Å². The first-order valence-corrected chi connectivity index (χ1v) is 10.4. The molecule has 0 aliphatic heterocycles. The van der Waals surface area contributed by atoms with Crippen LogP contribution in [0.5, 0.6) is 0 Å². The smallest absolute Gasteiger partial charge is 0.265 e. The largest absolute Gasteiger partial charge is 0.294 e. The van der Waals surface area contributed by atoms with Crippen molar-refractivity contribution in [1.82, 2.24) is 14.8 Å². The summed E-state index contributed by atoms with van der Waals surface area (Å²) in [6.07, 6.45) is 0.665. The van der Waals surface area contributed by atoms with Gasteiger partial charge in [-0.3, -0.25) is 4.79 Å². The predicted molar refractivity (Wildman–Crippen MR) is 117 cm³/mol. The SMILES string of the molecule is Cc1nc2c(=O)n(C(C)Cc3ccc(Cl)cc3)nc(-c3ccc(Cl)cc3)c2s1. The van der Waals surface area contributed by atoms with E-state index in [0.717, 1.165) is 26.5 Å². The Morgan fingerprint density at radius 1 is 1.04 bits per heavy atom. The second kappa shape index (κ2) is 7.66. The molecule has 0 spiro atoms. The minimum absolute atomic E-state index is 0.133. The molecule has 0 aliphatic rings. The number of hydrogen-bond donors (Lipinski definition) is 0. The third-order valence-corrected chi connectivity index (χ3v) is 6.03. The van der Waals surface area contributed by atoms with Gasteiger partial charge in [-0.25, -0.2) is 9.67 Å². The molecule has 0 N–H and O–H groups in total. The number of nitrogens with zero attached hydrogens (tertiary/aromatic N) is 3. The number of benzene rings is 2. The first-order valence-electron chi connectivity index (χ1n) is 8.82. The quantitative estimate of drug-likeness (QED) is 0.403. The minimum Gasteiger partial charge on any atom is -0.265 e. The highest BCUT2D eigenvalue weighted by Gasteiger charge is 2.19. The van der Waals surface area contributed by atoms with E-state index in [4.69, 9.17) is 28.3 Å². The molecule has 0 fully saturated rings. The van der Waals surface area contributed by atoms with Crippen molar-refractivity contribution in [3.63, 3.8) is 0 Å². The fourth-order valence-electron chi connectivity index (χ4n) is 3.18. The number of aryl methyl sites for hydroxylation is 1. The van der Waals surface area contributed by atoms with Crippen molar-refractivity contribution >= 4 is 44.8 Å². The minimum atomic E-state index is -0.168. The fourth-order valence-corrected chi connectivity index (χ4v) is 4.35. The lowest BCUT2D eigenvalue weighted by molar-refractivity contribution is 0.469. The molecular formula is C21H17Cl2N3OS. The zero-order valence-corrected chi connectivity index (χ0v) is 17.6. The first-order chi connectivity index (χ1) is 13.4. The molecule has 4 aromatic rings. The van der Waals surface area contributed by atoms with E-state index in [1.165, 1.54) is 11.3 Å². The lowest BCUT2D eigenvalue weighted by atomic mass is 10.1. The van der Waals surface area contributed by atoms with E-state index in [0.29, 0.717) is 22.0 Å². The van der Waals surface area contributed by atoms with Crippen molar-refractivity contribution in [3.05, 3.63) is 79.5 Å². The molecule has 7 heteroatoms. The topological polar surface area (TPSA) is 47.8 Å². The second-order valence-electron chi connectivity index (χ2n) is 6.70. The van der Waals surface area contributed by atoms with Gasteiger partial charge in [-0.15, -0.1) is 11.3 Å². The van der Waals surface area contributed by atoms with Crippen molar-refractivity contribution in [2.24, 2.45) is 0 Å². The van der Waals surface area contributed by atoms with Gasteiger partial charge >= 0.3 is 0 Å². The third kappa shape index (κ3) is 3.70. The van der Waals surface area contributed by atoms with Gasteiger partial charge < -0.3 is 0 Å². The van der Waals surface area contributed by atoms with Crippen LogP contribution in [0.2, 0.25) is 10.0 Å². The molecule has 2 heterocycles. The van der Waals surface area contributed by atoms with Crippen LogP contribution < -0.4 is 5.56 Å². The molecule has 0 aliphatic carbocycles. The van der Waals surface area contributed by atoms with E-state index in [2.05, 4.69) is 4.98 Å². The Labute approximate surface area is 176 Å². The molecule has 28 heavy (non-hydrogen) atoms. The Morgan fingerprint density at radius 3 is 2.29 bits per heavy atom. The normalized spacial score (nSPS) is 12.4. The third-order valence-electron chi connectivity index (χ3n) is 4.55. The molecule has 0 amide bonds. The molecule has 0 radical (unpaired) electrons. The van der Waals surface area contributed by atoms with Crippen LogP contribution in [0, 0.1) is 6.92 Å². The Kier molecular flexibility index (Phi) is 5.23. The van der Waals surface area contributed by atoms with Crippen molar-refractivity contribution in [1.29, 1.82) is 0 Å². The van der Waals surface area contributed by atoms with Gasteiger partial charge in [0.25, 0.3) is 5.56 Å². The zero-order valence-electron chi connectivity index (χ0n) is 15.3. The summed E-state index contributed by atoms with van der Waals surface area (Å²) >= 11 is 13.5. The number of hydrogen-bond acceptors (Lipinski definition) is 4. The average Bonchev–Trinajstić information content (AvgIpc) is 3.07. The van der Waals surface area contributed by atoms with Gasteiger partial charge in [0, 0.05) is 15.6 Å². The highest BCUT2D eigenvalue weighted by atomic mass is 35.5. The number of fused-ring (bicyclic) bond motifs is 1. The second-order valence-corrected chi connectivity index (χ2v) is 8.77. The summed E-state index contributed by atoms with van der Waals surface area (Å²) in [4.78, 5) is 17.5. The predicted octanol–water partition coefficient (Wildman–Crippen LogP) is 5.94. The van der Waals surface area contributed by atoms with Gasteiger partial charge in [0.15, 0.2) is 5.52 Å². The maximum atomic E-state index is 13.1. The van der Waals surface area contributed by atoms with Crippen molar-refractivity contribution in [2.45, 2.75) is 26.3 Å². The molecule has 142 valence electrons. The Bertz CT molecular complexity index is 1200. The molecule has 4 nitrogen and oxygen atoms in total. The average molecular weight is 430 g/mol. The van der Waals surface area contributed by atoms with Crippen molar-refractivity contribution < 1.29 is 0 Å². The standard InChI is InChI=1S/C21H17Cl2N3OS/c1-12(11-14-3-7-16(22)8-4-14)26-21(27)19-20(28-13(2)24-19)18(25-26)15-5-9-17(23)10-6-15/h3-10,12H,11H2,1-2H3. The summed E-state index contributed by atoms with van der Waals surface area (Å²) < 4.78 is 2.35. The molecule has 1 atom stereocenters. The van der Waals surface area contributed by atoms with Crippen LogP contribution in [-0.4, -0.2) is 14.8 Å². The van der Waals surface area contributed by atoms with Crippen LogP contribution in [-0.2, 0) is 6.42 Å². The van der Waals surface area contributed by atoms with Gasteiger partial charge in [0.2, 0.25) is 0 Å². The van der Waals surface area contributed by atoms with E-state index >= 15 is 0 Å². The van der Waals surface area contributed by atoms with Gasteiger partial charge in [0.05, 0.1) is 15.7 Å². The van der Waals surface area contributed by atoms with E-state index in [1.54, 1.807) is 4.68 Å². The summed E-state index contributed by atoms with van der Waals surface area (Å²) in [5.74, 6) is 0. The van der Waals surface area contributed by atoms with Crippen LogP contribution in [0.15, 0.2) is 53.3 Å². The highest BCUT2D eigenvalue weighted by Crippen LogP contribution is 2.30. The van der Waals surface area contributed by atoms with Gasteiger partial charge in [-0.2, -0.15) is 5.10 Å². The lowest BCUT2D eigenvalue weighted by Crippen LogP contribution is -2.28. The number of thiazole rings is 1. The van der Waals surface area contributed by atoms with Crippen LogP contribution >= 0.6 is 34.5 Å². The van der Waals surface area contributed by atoms with Gasteiger partial charge in [0.1, 0.15) is 5.69 Å². The molecule has 0 bridgehead atoms. The molecule has 2 aromatic heterocycles. The number of aromatic nitrogens is 3. The molecule has 0 saturated carbocycles. The maximum absolute atomic E-state index is 13.1. The van der Waals surface area contributed by atoms with Crippen molar-refractivity contribution in [3.8, 4) is 11.3 Å². The first kappa shape index (κ1) is 19.1. The monoisotopic (exact) mass is 429 g/mol. The summed E-state index contributed by atoms with van der Waals surface area (Å²) in [7, 11) is 0. The lowest BCUT2D eigenvalue weighted by Gasteiger charge is -2.16. The van der Waals surface area contributed by atoms with E-state index < -0.39 is 0 Å².